The summed E-state index contributed by atoms with van der Waals surface area (Å²) in [7, 11) is -3.25. The van der Waals surface area contributed by atoms with E-state index < -0.39 is 15.4 Å². The van der Waals surface area contributed by atoms with Crippen LogP contribution in [0.1, 0.15) is 58.2 Å². The Morgan fingerprint density at radius 2 is 1.88 bits per heavy atom. The van der Waals surface area contributed by atoms with Crippen LogP contribution in [0.5, 0.6) is 0 Å². The molecule has 3 aromatic rings. The number of nitrogens with zero attached hydrogens (tertiary/aromatic N) is 2. The molecule has 1 fully saturated rings. The minimum absolute atomic E-state index is 0.0477. The van der Waals surface area contributed by atoms with E-state index in [0.29, 0.717) is 4.90 Å². The van der Waals surface area contributed by atoms with E-state index in [0.717, 1.165) is 52.4 Å². The molecule has 2 heterocycles. The Kier molecular flexibility index (Phi) is 6.56. The van der Waals surface area contributed by atoms with Crippen molar-refractivity contribution in [3.8, 4) is 21.0 Å². The van der Waals surface area contributed by atoms with Gasteiger partial charge in [-0.2, -0.15) is 5.10 Å². The van der Waals surface area contributed by atoms with Crippen LogP contribution in [0.2, 0.25) is 0 Å². The highest BCUT2D eigenvalue weighted by atomic mass is 35.5. The number of aromatic nitrogens is 2. The number of hydrogen-bond acceptors (Lipinski definition) is 5. The molecule has 2 N–H and O–H groups in total. The van der Waals surface area contributed by atoms with Crippen molar-refractivity contribution in [3.05, 3.63) is 48.2 Å². The molecule has 2 unspecified atom stereocenters. The van der Waals surface area contributed by atoms with Crippen LogP contribution in [0.4, 0.5) is 0 Å². The van der Waals surface area contributed by atoms with E-state index in [4.69, 9.17) is 22.4 Å². The molecule has 1 aliphatic rings. The molecule has 1 aliphatic carbocycles. The summed E-state index contributed by atoms with van der Waals surface area (Å²) in [5, 5.41) is 4.95. The number of sulfone groups is 1. The fourth-order valence-corrected chi connectivity index (χ4v) is 6.45. The van der Waals surface area contributed by atoms with Crippen molar-refractivity contribution in [1.29, 1.82) is 0 Å². The Labute approximate surface area is 199 Å². The first-order valence-corrected chi connectivity index (χ1v) is 14.0. The molecule has 5 nitrogen and oxygen atoms in total. The average Bonchev–Trinajstić information content (AvgIpc) is 3.41. The summed E-state index contributed by atoms with van der Waals surface area (Å²) in [4.78, 5) is 2.44. The van der Waals surface area contributed by atoms with Gasteiger partial charge < -0.3 is 5.73 Å². The van der Waals surface area contributed by atoms with E-state index in [1.165, 1.54) is 0 Å². The van der Waals surface area contributed by atoms with Gasteiger partial charge in [-0.3, -0.25) is 4.68 Å². The van der Waals surface area contributed by atoms with E-state index >= 15 is 0 Å². The van der Waals surface area contributed by atoms with Gasteiger partial charge in [0.2, 0.25) is 0 Å². The number of halogens is 1. The molecule has 8 heteroatoms. The normalized spacial score (nSPS) is 19.9. The van der Waals surface area contributed by atoms with Crippen molar-refractivity contribution < 1.29 is 8.42 Å². The smallest absolute Gasteiger partial charge is 0.178 e. The minimum Gasteiger partial charge on any atom is -0.321 e. The lowest BCUT2D eigenvalue weighted by Crippen LogP contribution is -2.30. The lowest BCUT2D eigenvalue weighted by Gasteiger charge is -2.28. The van der Waals surface area contributed by atoms with Gasteiger partial charge in [-0.15, -0.1) is 22.9 Å². The highest BCUT2D eigenvalue weighted by Gasteiger charge is 2.30. The van der Waals surface area contributed by atoms with E-state index in [-0.39, 0.29) is 17.2 Å². The van der Waals surface area contributed by atoms with Gasteiger partial charge in [-0.1, -0.05) is 31.9 Å². The lowest BCUT2D eigenvalue weighted by molar-refractivity contribution is 0.334. The van der Waals surface area contributed by atoms with E-state index in [9.17, 15) is 8.42 Å². The molecular weight excluding hydrogens is 462 g/mol. The minimum atomic E-state index is -3.25. The number of rotatable bonds is 6. The summed E-state index contributed by atoms with van der Waals surface area (Å²) in [5.41, 5.74) is 8.59. The molecule has 1 saturated carbocycles. The molecule has 32 heavy (non-hydrogen) atoms. The van der Waals surface area contributed by atoms with Gasteiger partial charge in [0.15, 0.2) is 9.84 Å². The molecule has 2 aromatic heterocycles. The molecule has 172 valence electrons. The number of thiophene rings is 1. The van der Waals surface area contributed by atoms with Gasteiger partial charge in [0, 0.05) is 4.88 Å². The quantitative estimate of drug-likeness (QED) is 0.429. The van der Waals surface area contributed by atoms with Crippen LogP contribution >= 0.6 is 22.9 Å². The number of hydrogen-bond donors (Lipinski definition) is 1. The molecule has 0 aliphatic heterocycles. The average molecular weight is 492 g/mol. The number of alkyl halides is 1. The van der Waals surface area contributed by atoms with Crippen molar-refractivity contribution in [1.82, 2.24) is 9.78 Å². The zero-order valence-corrected chi connectivity index (χ0v) is 21.1. The van der Waals surface area contributed by atoms with E-state index in [1.54, 1.807) is 36.5 Å². The van der Waals surface area contributed by atoms with Crippen LogP contribution < -0.4 is 5.73 Å². The van der Waals surface area contributed by atoms with Crippen molar-refractivity contribution >= 4 is 32.8 Å². The summed E-state index contributed by atoms with van der Waals surface area (Å²) in [5.74, 6) is 0.0873. The summed E-state index contributed by atoms with van der Waals surface area (Å²) in [6.07, 6.45) is 4.28. The lowest BCUT2D eigenvalue weighted by atomic mass is 9.95. The molecule has 2 atom stereocenters. The Morgan fingerprint density at radius 1 is 1.16 bits per heavy atom. The second-order valence-electron chi connectivity index (χ2n) is 9.04. The predicted molar refractivity (Wildman–Crippen MR) is 133 cm³/mol. The van der Waals surface area contributed by atoms with Crippen molar-refractivity contribution in [3.63, 3.8) is 0 Å². The zero-order chi connectivity index (χ0) is 23.1. The third kappa shape index (κ3) is 4.67. The van der Waals surface area contributed by atoms with E-state index in [2.05, 4.69) is 16.8 Å². The first-order chi connectivity index (χ1) is 15.1. The third-order valence-electron chi connectivity index (χ3n) is 6.07. The van der Waals surface area contributed by atoms with Gasteiger partial charge in [-0.05, 0) is 62.6 Å². The summed E-state index contributed by atoms with van der Waals surface area (Å²) in [6, 6.07) is 13.5. The van der Waals surface area contributed by atoms with Crippen molar-refractivity contribution in [2.24, 2.45) is 5.73 Å². The monoisotopic (exact) mass is 491 g/mol. The number of benzene rings is 1. The van der Waals surface area contributed by atoms with Crippen LogP contribution in [-0.4, -0.2) is 29.3 Å². The van der Waals surface area contributed by atoms with Crippen LogP contribution in [0, 0.1) is 0 Å². The zero-order valence-electron chi connectivity index (χ0n) is 18.7. The SMILES string of the molecule is CCS(=O)(=O)c1cccc(-c2ccc(-c3cc(C(C)(C)N)nn3C3CCCCC3Cl)s2)c1. The fourth-order valence-electron chi connectivity index (χ4n) is 4.13. The maximum absolute atomic E-state index is 12.3. The largest absolute Gasteiger partial charge is 0.321 e. The molecule has 0 saturated heterocycles. The van der Waals surface area contributed by atoms with Gasteiger partial charge in [0.1, 0.15) is 0 Å². The second-order valence-corrected chi connectivity index (χ2v) is 13.0. The predicted octanol–water partition coefficient (Wildman–Crippen LogP) is 5.99. The molecule has 0 spiro atoms. The Morgan fingerprint density at radius 3 is 2.56 bits per heavy atom. The van der Waals surface area contributed by atoms with Crippen LogP contribution in [0.15, 0.2) is 47.4 Å². The first-order valence-electron chi connectivity index (χ1n) is 11.1. The fraction of sp³-hybridized carbons (Fsp3) is 0.458. The topological polar surface area (TPSA) is 78.0 Å². The maximum atomic E-state index is 12.3. The summed E-state index contributed by atoms with van der Waals surface area (Å²) >= 11 is 8.36. The van der Waals surface area contributed by atoms with Crippen molar-refractivity contribution in [2.45, 2.75) is 68.3 Å². The Hall–Kier alpha value is -1.67. The molecule has 0 radical (unpaired) electrons. The summed E-state index contributed by atoms with van der Waals surface area (Å²) < 4.78 is 26.7. The van der Waals surface area contributed by atoms with Gasteiger partial charge in [0.05, 0.1) is 43.9 Å². The highest BCUT2D eigenvalue weighted by molar-refractivity contribution is 7.91. The van der Waals surface area contributed by atoms with Gasteiger partial charge in [0.25, 0.3) is 0 Å². The molecule has 0 bridgehead atoms. The van der Waals surface area contributed by atoms with Crippen LogP contribution in [0.3, 0.4) is 0 Å². The molecular formula is C24H30ClN3O2S2. The van der Waals surface area contributed by atoms with Crippen molar-refractivity contribution in [2.75, 3.05) is 5.75 Å². The van der Waals surface area contributed by atoms with Crippen LogP contribution in [0.25, 0.3) is 21.0 Å². The summed E-state index contributed by atoms with van der Waals surface area (Å²) in [6.45, 7) is 5.59. The molecule has 4 rings (SSSR count). The van der Waals surface area contributed by atoms with Gasteiger partial charge in [-0.25, -0.2) is 8.42 Å². The second kappa shape index (κ2) is 8.93. The maximum Gasteiger partial charge on any atom is 0.178 e. The molecule has 0 amide bonds. The third-order valence-corrected chi connectivity index (χ3v) is 9.47. The van der Waals surface area contributed by atoms with Gasteiger partial charge >= 0.3 is 0 Å². The van der Waals surface area contributed by atoms with E-state index in [1.807, 2.05) is 26.0 Å². The highest BCUT2D eigenvalue weighted by Crippen LogP contribution is 2.40. The molecule has 1 aromatic carbocycles. The number of nitrogens with two attached hydrogens (primary N) is 1. The first kappa shape index (κ1) is 23.5. The Bertz CT molecular complexity index is 1210. The van der Waals surface area contributed by atoms with Crippen LogP contribution in [-0.2, 0) is 15.4 Å². The standard InChI is InChI=1S/C24H30ClN3O2S2/c1-4-32(29,30)17-9-7-8-16(14-17)21-12-13-22(31-21)20-15-23(24(2,3)26)27-28(20)19-11-6-5-10-18(19)25/h7-9,12-15,18-19H,4-6,10-11,26H2,1-3H3. The Balaban J connectivity index is 1.76.